The molecule has 38 heavy (non-hydrogen) atoms. The maximum atomic E-state index is 14.0. The summed E-state index contributed by atoms with van der Waals surface area (Å²) in [5, 5.41) is 1.67. The van der Waals surface area contributed by atoms with Crippen LogP contribution in [0.15, 0.2) is 72.8 Å². The van der Waals surface area contributed by atoms with Crippen molar-refractivity contribution >= 4 is 23.2 Å². The number of anilines is 2. The summed E-state index contributed by atoms with van der Waals surface area (Å²) in [6.45, 7) is 4.96. The molecule has 0 aliphatic carbocycles. The molecular formula is C30H32N2O6. The number of rotatable bonds is 10. The molecule has 3 aromatic rings. The van der Waals surface area contributed by atoms with Gasteiger partial charge in [0.2, 0.25) is 5.91 Å². The van der Waals surface area contributed by atoms with Crippen LogP contribution in [0.5, 0.6) is 17.2 Å². The maximum Gasteiger partial charge on any atom is 0.266 e. The van der Waals surface area contributed by atoms with Crippen LogP contribution in [-0.4, -0.2) is 38.2 Å². The quantitative estimate of drug-likeness (QED) is 0.266. The summed E-state index contributed by atoms with van der Waals surface area (Å²) in [6.07, 6.45) is 0.977. The normalized spacial score (nSPS) is 20.6. The van der Waals surface area contributed by atoms with Gasteiger partial charge in [-0.3, -0.25) is 14.4 Å². The van der Waals surface area contributed by atoms with E-state index in [4.69, 9.17) is 19.0 Å². The SMILES string of the molecule is CCCCOc1ccc([C@@H]2[C@H]3C(=O)N(c4ccccc4OCC)C(=O)[C@H]3ON2c2ccccc2)cc1OC. The van der Waals surface area contributed by atoms with E-state index in [1.165, 1.54) is 4.90 Å². The summed E-state index contributed by atoms with van der Waals surface area (Å²) in [6, 6.07) is 21.6. The van der Waals surface area contributed by atoms with Crippen LogP contribution in [0, 0.1) is 5.92 Å². The Kier molecular flexibility index (Phi) is 7.51. The molecule has 2 heterocycles. The number of ether oxygens (including phenoxy) is 3. The summed E-state index contributed by atoms with van der Waals surface area (Å²) in [5.41, 5.74) is 1.95. The third-order valence-corrected chi connectivity index (χ3v) is 6.82. The Labute approximate surface area is 222 Å². The first-order valence-electron chi connectivity index (χ1n) is 13.0. The number of para-hydroxylation sites is 3. The van der Waals surface area contributed by atoms with Crippen LogP contribution in [0.1, 0.15) is 38.3 Å². The number of carbonyl (C=O) groups is 2. The fraction of sp³-hybridized carbons (Fsp3) is 0.333. The number of hydroxylamine groups is 1. The molecule has 2 amide bonds. The van der Waals surface area contributed by atoms with Gasteiger partial charge in [-0.25, -0.2) is 9.96 Å². The minimum absolute atomic E-state index is 0.335. The molecule has 0 radical (unpaired) electrons. The second kappa shape index (κ2) is 11.1. The average molecular weight is 517 g/mol. The molecule has 0 saturated carbocycles. The van der Waals surface area contributed by atoms with Gasteiger partial charge in [0.05, 0.1) is 37.7 Å². The van der Waals surface area contributed by atoms with Crippen LogP contribution in [-0.2, 0) is 14.4 Å². The number of hydrogen-bond donors (Lipinski definition) is 0. The van der Waals surface area contributed by atoms with E-state index in [1.54, 1.807) is 30.4 Å². The molecule has 2 fully saturated rings. The van der Waals surface area contributed by atoms with Crippen molar-refractivity contribution in [2.75, 3.05) is 30.3 Å². The van der Waals surface area contributed by atoms with Crippen LogP contribution in [0.2, 0.25) is 0 Å². The molecule has 2 saturated heterocycles. The third kappa shape index (κ3) is 4.56. The van der Waals surface area contributed by atoms with Crippen molar-refractivity contribution in [3.05, 3.63) is 78.4 Å². The molecule has 2 aliphatic heterocycles. The summed E-state index contributed by atoms with van der Waals surface area (Å²) < 4.78 is 17.3. The molecule has 3 atom stereocenters. The Hall–Kier alpha value is -4.04. The lowest BCUT2D eigenvalue weighted by Crippen LogP contribution is -2.37. The molecule has 0 spiro atoms. The van der Waals surface area contributed by atoms with Gasteiger partial charge in [-0.1, -0.05) is 49.7 Å². The largest absolute Gasteiger partial charge is 0.493 e. The Morgan fingerprint density at radius 2 is 1.61 bits per heavy atom. The van der Waals surface area contributed by atoms with E-state index in [0.717, 1.165) is 24.1 Å². The van der Waals surface area contributed by atoms with Gasteiger partial charge in [-0.2, -0.15) is 0 Å². The molecule has 198 valence electrons. The predicted molar refractivity (Wildman–Crippen MR) is 144 cm³/mol. The number of amides is 2. The van der Waals surface area contributed by atoms with Crippen LogP contribution in [0.3, 0.4) is 0 Å². The van der Waals surface area contributed by atoms with E-state index in [0.29, 0.717) is 36.1 Å². The van der Waals surface area contributed by atoms with Crippen molar-refractivity contribution in [3.63, 3.8) is 0 Å². The maximum absolute atomic E-state index is 14.0. The standard InChI is InChI=1S/C30H32N2O6/c1-4-6-18-37-24-17-16-20(19-25(24)35-3)27-26-28(38-32(27)21-12-8-7-9-13-21)30(34)31(29(26)33)22-14-10-11-15-23(22)36-5-2/h7-17,19,26-28H,4-6,18H2,1-3H3/t26-,27-,28+/m1/s1. The summed E-state index contributed by atoms with van der Waals surface area (Å²) in [4.78, 5) is 35.2. The second-order valence-corrected chi connectivity index (χ2v) is 9.18. The van der Waals surface area contributed by atoms with Crippen LogP contribution < -0.4 is 24.2 Å². The van der Waals surface area contributed by atoms with Gasteiger partial charge in [0.25, 0.3) is 5.91 Å². The van der Waals surface area contributed by atoms with Gasteiger partial charge < -0.3 is 14.2 Å². The van der Waals surface area contributed by atoms with Gasteiger partial charge in [-0.15, -0.1) is 0 Å². The lowest BCUT2D eigenvalue weighted by Gasteiger charge is -2.29. The number of imide groups is 1. The Bertz CT molecular complexity index is 1300. The van der Waals surface area contributed by atoms with Gasteiger partial charge in [0, 0.05) is 0 Å². The smallest absolute Gasteiger partial charge is 0.266 e. The fourth-order valence-corrected chi connectivity index (χ4v) is 5.02. The second-order valence-electron chi connectivity index (χ2n) is 9.18. The van der Waals surface area contributed by atoms with E-state index in [9.17, 15) is 9.59 Å². The topological polar surface area (TPSA) is 77.5 Å². The van der Waals surface area contributed by atoms with Crippen molar-refractivity contribution in [2.24, 2.45) is 5.92 Å². The summed E-state index contributed by atoms with van der Waals surface area (Å²) in [5.74, 6) is 0.148. The molecule has 0 bridgehead atoms. The minimum Gasteiger partial charge on any atom is -0.493 e. The Morgan fingerprint density at radius 1 is 0.842 bits per heavy atom. The van der Waals surface area contributed by atoms with Crippen LogP contribution in [0.4, 0.5) is 11.4 Å². The zero-order valence-corrected chi connectivity index (χ0v) is 21.8. The van der Waals surface area contributed by atoms with E-state index < -0.39 is 24.0 Å². The van der Waals surface area contributed by atoms with Crippen molar-refractivity contribution in [3.8, 4) is 17.2 Å². The zero-order valence-electron chi connectivity index (χ0n) is 21.8. The van der Waals surface area contributed by atoms with Crippen molar-refractivity contribution in [2.45, 2.75) is 38.8 Å². The fourth-order valence-electron chi connectivity index (χ4n) is 5.02. The highest BCUT2D eigenvalue weighted by Gasteiger charge is 2.60. The minimum atomic E-state index is -0.978. The number of carbonyl (C=O) groups excluding carboxylic acids is 2. The number of hydrogen-bond acceptors (Lipinski definition) is 7. The van der Waals surface area contributed by atoms with Crippen molar-refractivity contribution < 1.29 is 28.6 Å². The molecule has 0 N–H and O–H groups in total. The molecule has 0 aromatic heterocycles. The molecule has 8 nitrogen and oxygen atoms in total. The van der Waals surface area contributed by atoms with Gasteiger partial charge in [0.1, 0.15) is 11.7 Å². The molecule has 3 aromatic carbocycles. The Morgan fingerprint density at radius 3 is 2.34 bits per heavy atom. The Balaban J connectivity index is 1.55. The number of methoxy groups -OCH3 is 1. The highest BCUT2D eigenvalue weighted by atomic mass is 16.7. The van der Waals surface area contributed by atoms with E-state index >= 15 is 0 Å². The zero-order chi connectivity index (χ0) is 26.6. The number of unbranched alkanes of at least 4 members (excludes halogenated alkanes) is 1. The van der Waals surface area contributed by atoms with Crippen molar-refractivity contribution in [1.29, 1.82) is 0 Å². The predicted octanol–water partition coefficient (Wildman–Crippen LogP) is 5.32. The summed E-state index contributed by atoms with van der Waals surface area (Å²) in [7, 11) is 1.59. The molecular weight excluding hydrogens is 484 g/mol. The molecule has 5 rings (SSSR count). The first kappa shape index (κ1) is 25.6. The number of nitrogens with zero attached hydrogens (tertiary/aromatic N) is 2. The van der Waals surface area contributed by atoms with Crippen LogP contribution >= 0.6 is 0 Å². The molecule has 0 unspecified atom stereocenters. The lowest BCUT2D eigenvalue weighted by molar-refractivity contribution is -0.126. The van der Waals surface area contributed by atoms with E-state index in [2.05, 4.69) is 6.92 Å². The van der Waals surface area contributed by atoms with Gasteiger partial charge in [0.15, 0.2) is 17.6 Å². The van der Waals surface area contributed by atoms with Crippen molar-refractivity contribution in [1.82, 2.24) is 0 Å². The summed E-state index contributed by atoms with van der Waals surface area (Å²) >= 11 is 0. The number of fused-ring (bicyclic) bond motifs is 1. The van der Waals surface area contributed by atoms with Crippen LogP contribution in [0.25, 0.3) is 0 Å². The first-order chi connectivity index (χ1) is 18.6. The average Bonchev–Trinajstić information content (AvgIpc) is 3.45. The van der Waals surface area contributed by atoms with E-state index in [-0.39, 0.29) is 5.91 Å². The van der Waals surface area contributed by atoms with Gasteiger partial charge >= 0.3 is 0 Å². The molecule has 2 aliphatic rings. The highest BCUT2D eigenvalue weighted by molar-refractivity contribution is 6.24. The van der Waals surface area contributed by atoms with E-state index in [1.807, 2.05) is 61.5 Å². The first-order valence-corrected chi connectivity index (χ1v) is 13.0. The van der Waals surface area contributed by atoms with Gasteiger partial charge in [-0.05, 0) is 55.3 Å². The highest BCUT2D eigenvalue weighted by Crippen LogP contribution is 2.49. The lowest BCUT2D eigenvalue weighted by atomic mass is 9.90. The third-order valence-electron chi connectivity index (χ3n) is 6.82. The molecule has 8 heteroatoms. The monoisotopic (exact) mass is 516 g/mol. The number of benzene rings is 3.